The summed E-state index contributed by atoms with van der Waals surface area (Å²) in [5.74, 6) is 0. The first-order chi connectivity index (χ1) is 7.70. The first kappa shape index (κ1) is 15.9. The fraction of sp³-hybridized carbons (Fsp3) is 1.00. The topological polar surface area (TPSA) is 30.5 Å². The quantitative estimate of drug-likeness (QED) is 0.554. The third kappa shape index (κ3) is 10.4. The lowest BCUT2D eigenvalue weighted by Gasteiger charge is -2.17. The molecule has 0 aliphatic rings. The summed E-state index contributed by atoms with van der Waals surface area (Å²) in [4.78, 5) is 0. The SMILES string of the molecule is CCCCC(COC)NCCCOC(C)C. The van der Waals surface area contributed by atoms with Crippen LogP contribution >= 0.6 is 0 Å². The number of unbranched alkanes of at least 4 members (excludes halogenated alkanes) is 1. The lowest BCUT2D eigenvalue weighted by Crippen LogP contribution is -2.34. The summed E-state index contributed by atoms with van der Waals surface area (Å²) in [6.45, 7) is 9.04. The van der Waals surface area contributed by atoms with Gasteiger partial charge in [0, 0.05) is 19.8 Å². The zero-order chi connectivity index (χ0) is 12.2. The van der Waals surface area contributed by atoms with Gasteiger partial charge in [0.05, 0.1) is 12.7 Å². The highest BCUT2D eigenvalue weighted by molar-refractivity contribution is 4.65. The Kier molecular flexibility index (Phi) is 11.3. The molecule has 16 heavy (non-hydrogen) atoms. The van der Waals surface area contributed by atoms with E-state index >= 15 is 0 Å². The van der Waals surface area contributed by atoms with E-state index in [1.807, 2.05) is 0 Å². The van der Waals surface area contributed by atoms with Gasteiger partial charge in [-0.2, -0.15) is 0 Å². The van der Waals surface area contributed by atoms with Crippen LogP contribution in [0.15, 0.2) is 0 Å². The van der Waals surface area contributed by atoms with Crippen molar-refractivity contribution in [1.82, 2.24) is 5.32 Å². The van der Waals surface area contributed by atoms with Gasteiger partial charge in [-0.25, -0.2) is 0 Å². The van der Waals surface area contributed by atoms with Crippen LogP contribution in [-0.2, 0) is 9.47 Å². The number of hydrogen-bond donors (Lipinski definition) is 1. The van der Waals surface area contributed by atoms with Crippen LogP contribution in [0, 0.1) is 0 Å². The molecule has 0 saturated heterocycles. The Labute approximate surface area is 101 Å². The first-order valence-electron chi connectivity index (χ1n) is 6.54. The Bertz CT molecular complexity index is 140. The lowest BCUT2D eigenvalue weighted by molar-refractivity contribution is 0.0756. The molecular formula is C13H29NO2. The van der Waals surface area contributed by atoms with E-state index in [2.05, 4.69) is 26.1 Å². The Balaban J connectivity index is 3.43. The van der Waals surface area contributed by atoms with Crippen molar-refractivity contribution in [2.75, 3.05) is 26.9 Å². The van der Waals surface area contributed by atoms with Gasteiger partial charge in [-0.3, -0.25) is 0 Å². The molecule has 1 N–H and O–H groups in total. The van der Waals surface area contributed by atoms with Crippen LogP contribution in [0.2, 0.25) is 0 Å². The Morgan fingerprint density at radius 1 is 1.19 bits per heavy atom. The average Bonchev–Trinajstić information content (AvgIpc) is 2.24. The van der Waals surface area contributed by atoms with E-state index in [0.29, 0.717) is 12.1 Å². The second-order valence-corrected chi connectivity index (χ2v) is 4.52. The molecule has 0 spiro atoms. The number of rotatable bonds is 11. The summed E-state index contributed by atoms with van der Waals surface area (Å²) < 4.78 is 10.7. The highest BCUT2D eigenvalue weighted by Gasteiger charge is 2.06. The van der Waals surface area contributed by atoms with Gasteiger partial charge in [0.1, 0.15) is 0 Å². The van der Waals surface area contributed by atoms with Crippen LogP contribution in [0.4, 0.5) is 0 Å². The van der Waals surface area contributed by atoms with E-state index in [-0.39, 0.29) is 0 Å². The van der Waals surface area contributed by atoms with Crippen molar-refractivity contribution >= 4 is 0 Å². The standard InChI is InChI=1S/C13H29NO2/c1-5-6-8-13(11-15-4)14-9-7-10-16-12(2)3/h12-14H,5-11H2,1-4H3. The van der Waals surface area contributed by atoms with Gasteiger partial charge >= 0.3 is 0 Å². The third-order valence-electron chi connectivity index (χ3n) is 2.48. The number of hydrogen-bond acceptors (Lipinski definition) is 3. The van der Waals surface area contributed by atoms with Crippen molar-refractivity contribution in [3.05, 3.63) is 0 Å². The molecule has 0 heterocycles. The van der Waals surface area contributed by atoms with Crippen molar-refractivity contribution in [3.8, 4) is 0 Å². The van der Waals surface area contributed by atoms with Crippen LogP contribution in [0.5, 0.6) is 0 Å². The monoisotopic (exact) mass is 231 g/mol. The van der Waals surface area contributed by atoms with Crippen molar-refractivity contribution in [2.45, 2.75) is 58.6 Å². The van der Waals surface area contributed by atoms with Gasteiger partial charge in [0.25, 0.3) is 0 Å². The van der Waals surface area contributed by atoms with Crippen LogP contribution in [0.3, 0.4) is 0 Å². The summed E-state index contributed by atoms with van der Waals surface area (Å²) in [5.41, 5.74) is 0. The van der Waals surface area contributed by atoms with Crippen molar-refractivity contribution in [1.29, 1.82) is 0 Å². The number of ether oxygens (including phenoxy) is 2. The van der Waals surface area contributed by atoms with Crippen molar-refractivity contribution < 1.29 is 9.47 Å². The van der Waals surface area contributed by atoms with E-state index in [1.165, 1.54) is 19.3 Å². The van der Waals surface area contributed by atoms with Crippen LogP contribution in [0.1, 0.15) is 46.5 Å². The largest absolute Gasteiger partial charge is 0.383 e. The summed E-state index contributed by atoms with van der Waals surface area (Å²) in [6.07, 6.45) is 5.14. The molecule has 3 nitrogen and oxygen atoms in total. The van der Waals surface area contributed by atoms with Crippen LogP contribution in [0.25, 0.3) is 0 Å². The van der Waals surface area contributed by atoms with Gasteiger partial charge in [-0.15, -0.1) is 0 Å². The molecule has 0 aromatic carbocycles. The summed E-state index contributed by atoms with van der Waals surface area (Å²) in [6, 6.07) is 0.504. The van der Waals surface area contributed by atoms with Crippen LogP contribution < -0.4 is 5.32 Å². The molecule has 1 atom stereocenters. The van der Waals surface area contributed by atoms with Crippen molar-refractivity contribution in [2.24, 2.45) is 0 Å². The molecule has 98 valence electrons. The minimum absolute atomic E-state index is 0.342. The molecule has 0 aliphatic heterocycles. The van der Waals surface area contributed by atoms with E-state index in [4.69, 9.17) is 9.47 Å². The molecule has 0 bridgehead atoms. The highest BCUT2D eigenvalue weighted by Crippen LogP contribution is 2.01. The van der Waals surface area contributed by atoms with E-state index in [0.717, 1.165) is 26.2 Å². The van der Waals surface area contributed by atoms with Crippen LogP contribution in [-0.4, -0.2) is 39.0 Å². The predicted octanol–water partition coefficient (Wildman–Crippen LogP) is 2.60. The Morgan fingerprint density at radius 2 is 1.94 bits per heavy atom. The molecule has 3 heteroatoms. The van der Waals surface area contributed by atoms with Gasteiger partial charge < -0.3 is 14.8 Å². The Morgan fingerprint density at radius 3 is 2.50 bits per heavy atom. The van der Waals surface area contributed by atoms with Gasteiger partial charge in [0.2, 0.25) is 0 Å². The second-order valence-electron chi connectivity index (χ2n) is 4.52. The minimum atomic E-state index is 0.342. The lowest BCUT2D eigenvalue weighted by atomic mass is 10.1. The maximum Gasteiger partial charge on any atom is 0.0615 e. The summed E-state index contributed by atoms with van der Waals surface area (Å²) in [5, 5.41) is 3.52. The average molecular weight is 231 g/mol. The van der Waals surface area contributed by atoms with Gasteiger partial charge in [-0.1, -0.05) is 19.8 Å². The Hall–Kier alpha value is -0.120. The number of methoxy groups -OCH3 is 1. The zero-order valence-corrected chi connectivity index (χ0v) is 11.4. The number of nitrogens with one attached hydrogen (secondary N) is 1. The molecule has 0 saturated carbocycles. The summed E-state index contributed by atoms with van der Waals surface area (Å²) in [7, 11) is 1.77. The molecule has 0 aliphatic carbocycles. The first-order valence-corrected chi connectivity index (χ1v) is 6.54. The zero-order valence-electron chi connectivity index (χ0n) is 11.4. The molecule has 0 radical (unpaired) electrons. The molecular weight excluding hydrogens is 202 g/mol. The fourth-order valence-electron chi connectivity index (χ4n) is 1.59. The van der Waals surface area contributed by atoms with E-state index in [9.17, 15) is 0 Å². The highest BCUT2D eigenvalue weighted by atomic mass is 16.5. The molecule has 0 aromatic heterocycles. The minimum Gasteiger partial charge on any atom is -0.383 e. The predicted molar refractivity (Wildman–Crippen MR) is 68.9 cm³/mol. The molecule has 0 rings (SSSR count). The third-order valence-corrected chi connectivity index (χ3v) is 2.48. The molecule has 0 fully saturated rings. The molecule has 0 amide bonds. The maximum atomic E-state index is 5.49. The maximum absolute atomic E-state index is 5.49. The fourth-order valence-corrected chi connectivity index (χ4v) is 1.59. The summed E-state index contributed by atoms with van der Waals surface area (Å²) >= 11 is 0. The molecule has 0 aromatic rings. The van der Waals surface area contributed by atoms with Gasteiger partial charge in [0.15, 0.2) is 0 Å². The van der Waals surface area contributed by atoms with Crippen molar-refractivity contribution in [3.63, 3.8) is 0 Å². The van der Waals surface area contributed by atoms with E-state index < -0.39 is 0 Å². The second kappa shape index (κ2) is 11.4. The molecule has 1 unspecified atom stereocenters. The normalized spacial score (nSPS) is 13.3. The smallest absolute Gasteiger partial charge is 0.0615 e. The van der Waals surface area contributed by atoms with Gasteiger partial charge in [-0.05, 0) is 33.2 Å². The van der Waals surface area contributed by atoms with E-state index in [1.54, 1.807) is 7.11 Å².